The molecule has 7 heteroatoms. The minimum Gasteiger partial charge on any atom is -0.352 e. The van der Waals surface area contributed by atoms with E-state index >= 15 is 0 Å². The third-order valence-corrected chi connectivity index (χ3v) is 8.24. The first-order valence-electron chi connectivity index (χ1n) is 14.3. The van der Waals surface area contributed by atoms with E-state index in [1.54, 1.807) is 11.8 Å². The van der Waals surface area contributed by atoms with Crippen LogP contribution in [0, 0.1) is 5.92 Å². The number of thioether (sulfide) groups is 1. The van der Waals surface area contributed by atoms with Crippen molar-refractivity contribution in [2.45, 2.75) is 51.5 Å². The Bertz CT molecular complexity index is 1610. The van der Waals surface area contributed by atoms with Gasteiger partial charge in [-0.25, -0.2) is 4.98 Å². The van der Waals surface area contributed by atoms with Gasteiger partial charge in [0.25, 0.3) is 5.91 Å². The minimum absolute atomic E-state index is 0.0163. The third kappa shape index (κ3) is 6.80. The third-order valence-electron chi connectivity index (χ3n) is 7.05. The van der Waals surface area contributed by atoms with Crippen LogP contribution >= 0.6 is 11.8 Å². The number of hydrogen-bond donors (Lipinski definition) is 3. The van der Waals surface area contributed by atoms with E-state index in [1.807, 2.05) is 49.4 Å². The molecule has 0 saturated heterocycles. The topological polar surface area (TPSA) is 78.9 Å². The molecule has 0 fully saturated rings. The van der Waals surface area contributed by atoms with Crippen LogP contribution in [0.4, 0.5) is 17.5 Å². The van der Waals surface area contributed by atoms with Gasteiger partial charge in [0.1, 0.15) is 5.82 Å². The highest BCUT2D eigenvalue weighted by Crippen LogP contribution is 2.38. The van der Waals surface area contributed by atoms with Crippen molar-refractivity contribution < 1.29 is 4.79 Å². The number of allylic oxidation sites excluding steroid dienone is 2. The monoisotopic (exact) mass is 563 g/mol. The first-order valence-corrected chi connectivity index (χ1v) is 15.1. The van der Waals surface area contributed by atoms with E-state index in [0.717, 1.165) is 49.8 Å². The number of amides is 1. The summed E-state index contributed by atoms with van der Waals surface area (Å²) in [5, 5.41) is 11.0. The number of anilines is 3. The summed E-state index contributed by atoms with van der Waals surface area (Å²) in [4.78, 5) is 24.6. The Labute approximate surface area is 246 Å². The van der Waals surface area contributed by atoms with Crippen LogP contribution in [0.1, 0.15) is 51.2 Å². The van der Waals surface area contributed by atoms with Crippen LogP contribution in [0.3, 0.4) is 0 Å². The number of nitrogens with zero attached hydrogens (tertiary/aromatic N) is 2. The Morgan fingerprint density at radius 2 is 1.76 bits per heavy atom. The van der Waals surface area contributed by atoms with E-state index in [0.29, 0.717) is 30.9 Å². The molecule has 4 aromatic rings. The molecule has 0 radical (unpaired) electrons. The zero-order chi connectivity index (χ0) is 28.8. The lowest BCUT2D eigenvalue weighted by Gasteiger charge is -2.20. The lowest BCUT2D eigenvalue weighted by atomic mass is 9.98. The van der Waals surface area contributed by atoms with Crippen LogP contribution in [0.5, 0.6) is 0 Å². The van der Waals surface area contributed by atoms with E-state index in [9.17, 15) is 4.79 Å². The summed E-state index contributed by atoms with van der Waals surface area (Å²) in [6.45, 7) is 9.67. The number of fused-ring (bicyclic) bond motifs is 1. The van der Waals surface area contributed by atoms with Gasteiger partial charge >= 0.3 is 0 Å². The molecule has 1 aromatic heterocycles. The van der Waals surface area contributed by atoms with E-state index in [-0.39, 0.29) is 5.91 Å². The fraction of sp³-hybridized carbons (Fsp3) is 0.265. The average Bonchev–Trinajstić information content (AvgIpc) is 2.97. The first kappa shape index (κ1) is 28.4. The first-order chi connectivity index (χ1) is 19.9. The molecule has 3 aromatic carbocycles. The highest BCUT2D eigenvalue weighted by Gasteiger charge is 2.21. The number of carbonyl (C=O) groups is 1. The van der Waals surface area contributed by atoms with Gasteiger partial charge in [0.2, 0.25) is 5.95 Å². The summed E-state index contributed by atoms with van der Waals surface area (Å²) in [5.74, 6) is 2.08. The summed E-state index contributed by atoms with van der Waals surface area (Å²) in [6, 6.07) is 24.7. The van der Waals surface area contributed by atoms with Crippen LogP contribution in [-0.2, 0) is 11.3 Å². The zero-order valence-electron chi connectivity index (χ0n) is 24.1. The van der Waals surface area contributed by atoms with Gasteiger partial charge in [-0.05, 0) is 60.6 Å². The quantitative estimate of drug-likeness (QED) is 0.181. The molecule has 0 saturated carbocycles. The van der Waals surface area contributed by atoms with Crippen molar-refractivity contribution in [3.63, 3.8) is 0 Å². The predicted molar refractivity (Wildman–Crippen MR) is 172 cm³/mol. The number of carbonyl (C=O) groups excluding carboxylic acids is 1. The molecule has 1 atom stereocenters. The van der Waals surface area contributed by atoms with Crippen molar-refractivity contribution in [2.24, 2.45) is 5.92 Å². The largest absolute Gasteiger partial charge is 0.352 e. The summed E-state index contributed by atoms with van der Waals surface area (Å²) in [7, 11) is 0. The molecule has 1 heterocycles. The molecule has 1 aliphatic carbocycles. The second-order valence-corrected chi connectivity index (χ2v) is 11.6. The molecule has 1 aliphatic rings. The lowest BCUT2D eigenvalue weighted by molar-refractivity contribution is -0.117. The van der Waals surface area contributed by atoms with Crippen molar-refractivity contribution in [1.82, 2.24) is 15.3 Å². The summed E-state index contributed by atoms with van der Waals surface area (Å²) in [6.07, 6.45) is 5.14. The van der Waals surface area contributed by atoms with Gasteiger partial charge in [-0.1, -0.05) is 93.2 Å². The van der Waals surface area contributed by atoms with Crippen LogP contribution in [-0.4, -0.2) is 22.4 Å². The van der Waals surface area contributed by atoms with Gasteiger partial charge < -0.3 is 16.0 Å². The molecule has 0 spiro atoms. The standard InChI is InChI=1S/C34H37N5OS/c1-5-35-33(40)27-19-18-23(4)20-31(27)41-30-17-11-6-12-24(30)21-36-34-38-29-16-10-8-14-26(29)32(39-34)37-28-15-9-7-13-25(28)22(2)3/h6-17,19-20,22-23H,5,18,21H2,1-4H3,(H,35,40)(H2,36,37,38,39). The van der Waals surface area contributed by atoms with Crippen LogP contribution in [0.15, 0.2) is 100 Å². The molecule has 1 amide bonds. The Balaban J connectivity index is 1.40. The average molecular weight is 564 g/mol. The molecule has 5 rings (SSSR count). The molecular weight excluding hydrogens is 526 g/mol. The van der Waals surface area contributed by atoms with Crippen LogP contribution in [0.25, 0.3) is 10.9 Å². The van der Waals surface area contributed by atoms with E-state index in [1.165, 1.54) is 5.56 Å². The maximum Gasteiger partial charge on any atom is 0.252 e. The summed E-state index contributed by atoms with van der Waals surface area (Å²) in [5.41, 5.74) is 5.03. The summed E-state index contributed by atoms with van der Waals surface area (Å²) >= 11 is 1.64. The van der Waals surface area contributed by atoms with E-state index in [4.69, 9.17) is 9.97 Å². The van der Waals surface area contributed by atoms with E-state index in [2.05, 4.69) is 79.2 Å². The number of aromatic nitrogens is 2. The number of rotatable bonds is 10. The van der Waals surface area contributed by atoms with Crippen molar-refractivity contribution in [1.29, 1.82) is 0 Å². The molecule has 0 bridgehead atoms. The molecule has 41 heavy (non-hydrogen) atoms. The van der Waals surface area contributed by atoms with Gasteiger partial charge in [-0.3, -0.25) is 4.79 Å². The molecule has 6 nitrogen and oxygen atoms in total. The number of hydrogen-bond acceptors (Lipinski definition) is 6. The molecule has 0 aliphatic heterocycles. The zero-order valence-corrected chi connectivity index (χ0v) is 24.9. The normalized spacial score (nSPS) is 14.9. The Hall–Kier alpha value is -4.10. The van der Waals surface area contributed by atoms with Crippen molar-refractivity contribution >= 4 is 46.0 Å². The maximum absolute atomic E-state index is 12.8. The molecule has 3 N–H and O–H groups in total. The van der Waals surface area contributed by atoms with Crippen molar-refractivity contribution in [3.05, 3.63) is 107 Å². The number of nitrogens with one attached hydrogen (secondary N) is 3. The van der Waals surface area contributed by atoms with Crippen LogP contribution in [0.2, 0.25) is 0 Å². The predicted octanol–water partition coefficient (Wildman–Crippen LogP) is 8.19. The number of likely N-dealkylation sites (N-methyl/N-ethyl adjacent to an activating group) is 1. The number of para-hydroxylation sites is 2. The lowest BCUT2D eigenvalue weighted by Crippen LogP contribution is -2.26. The second kappa shape index (κ2) is 13.0. The second-order valence-electron chi connectivity index (χ2n) is 10.6. The highest BCUT2D eigenvalue weighted by atomic mass is 32.2. The SMILES string of the molecule is CCNC(=O)C1=CCC(C)C=C1Sc1ccccc1CNc1nc(Nc2ccccc2C(C)C)c2ccccc2n1. The van der Waals surface area contributed by atoms with Gasteiger partial charge in [-0.15, -0.1) is 0 Å². The number of benzene rings is 3. The fourth-order valence-corrected chi connectivity index (χ4v) is 6.15. The molecular formula is C34H37N5OS. The molecule has 1 unspecified atom stereocenters. The van der Waals surface area contributed by atoms with Gasteiger partial charge in [-0.2, -0.15) is 4.98 Å². The van der Waals surface area contributed by atoms with Crippen molar-refractivity contribution in [2.75, 3.05) is 17.2 Å². The van der Waals surface area contributed by atoms with E-state index < -0.39 is 0 Å². The summed E-state index contributed by atoms with van der Waals surface area (Å²) < 4.78 is 0. The maximum atomic E-state index is 12.8. The van der Waals surface area contributed by atoms with Crippen molar-refractivity contribution in [3.8, 4) is 0 Å². The van der Waals surface area contributed by atoms with Gasteiger partial charge in [0.05, 0.1) is 5.52 Å². The molecule has 210 valence electrons. The Morgan fingerprint density at radius 1 is 1.00 bits per heavy atom. The Morgan fingerprint density at radius 3 is 2.59 bits per heavy atom. The highest BCUT2D eigenvalue weighted by molar-refractivity contribution is 8.03. The Kier molecular flexibility index (Phi) is 9.04. The van der Waals surface area contributed by atoms with Gasteiger partial charge in [0, 0.05) is 39.5 Å². The van der Waals surface area contributed by atoms with Crippen LogP contribution < -0.4 is 16.0 Å². The smallest absolute Gasteiger partial charge is 0.252 e. The van der Waals surface area contributed by atoms with Gasteiger partial charge in [0.15, 0.2) is 0 Å². The fourth-order valence-electron chi connectivity index (χ4n) is 4.90. The minimum atomic E-state index is -0.0163.